The van der Waals surface area contributed by atoms with Crippen LogP contribution in [0.1, 0.15) is 67.2 Å². The van der Waals surface area contributed by atoms with Crippen molar-refractivity contribution in [2.24, 2.45) is 0 Å². The van der Waals surface area contributed by atoms with Gasteiger partial charge in [-0.15, -0.1) is 0 Å². The standard InChI is InChI=1S/C26H46O4SSi2/c1-25(2,3)32(7,8)29-15-21-19(11-13-23(21)27)17-31-18-20-12-14-24(28)22(20)16-30-33(9,10)26(4,5)6/h11-18H2,1-10H3. The lowest BCUT2D eigenvalue weighted by atomic mass is 10.2. The van der Waals surface area contributed by atoms with Crippen LogP contribution in [-0.4, -0.2) is 52.9 Å². The van der Waals surface area contributed by atoms with Crippen LogP contribution in [0.5, 0.6) is 0 Å². The molecule has 0 bridgehead atoms. The van der Waals surface area contributed by atoms with E-state index in [2.05, 4.69) is 67.7 Å². The molecule has 0 aromatic carbocycles. The molecule has 0 atom stereocenters. The van der Waals surface area contributed by atoms with Crippen molar-refractivity contribution in [3.8, 4) is 0 Å². The number of carbonyl (C=O) groups excluding carboxylic acids is 2. The van der Waals surface area contributed by atoms with E-state index in [-0.39, 0.29) is 21.6 Å². The predicted octanol–water partition coefficient (Wildman–Crippen LogP) is 7.08. The van der Waals surface area contributed by atoms with E-state index >= 15 is 0 Å². The van der Waals surface area contributed by atoms with Gasteiger partial charge in [-0.25, -0.2) is 0 Å². The first-order chi connectivity index (χ1) is 15.0. The van der Waals surface area contributed by atoms with E-state index in [1.165, 1.54) is 11.1 Å². The molecule has 188 valence electrons. The van der Waals surface area contributed by atoms with Crippen LogP contribution in [0, 0.1) is 0 Å². The van der Waals surface area contributed by atoms with Gasteiger partial charge >= 0.3 is 0 Å². The zero-order chi connectivity index (χ0) is 25.2. The summed E-state index contributed by atoms with van der Waals surface area (Å²) < 4.78 is 12.7. The molecule has 0 amide bonds. The lowest BCUT2D eigenvalue weighted by Crippen LogP contribution is -2.41. The van der Waals surface area contributed by atoms with Crippen molar-refractivity contribution < 1.29 is 18.4 Å². The summed E-state index contributed by atoms with van der Waals surface area (Å²) in [7, 11) is -3.78. The van der Waals surface area contributed by atoms with Crippen molar-refractivity contribution in [1.82, 2.24) is 0 Å². The second-order valence-corrected chi connectivity index (χ2v) is 23.2. The molecular weight excluding hydrogens is 465 g/mol. The molecule has 0 spiro atoms. The molecule has 7 heteroatoms. The summed E-state index contributed by atoms with van der Waals surface area (Å²) in [6.45, 7) is 23.2. The zero-order valence-electron chi connectivity index (χ0n) is 22.7. The summed E-state index contributed by atoms with van der Waals surface area (Å²) in [6.07, 6.45) is 2.92. The molecule has 0 N–H and O–H groups in total. The Kier molecular flexibility index (Phi) is 9.28. The van der Waals surface area contributed by atoms with E-state index in [1.54, 1.807) is 0 Å². The Bertz CT molecular complexity index is 758. The number of thioether (sulfide) groups is 1. The minimum Gasteiger partial charge on any atom is -0.412 e. The summed E-state index contributed by atoms with van der Waals surface area (Å²) in [4.78, 5) is 25.1. The average molecular weight is 511 g/mol. The fourth-order valence-electron chi connectivity index (χ4n) is 3.45. The van der Waals surface area contributed by atoms with E-state index in [0.717, 1.165) is 35.5 Å². The third-order valence-electron chi connectivity index (χ3n) is 8.15. The van der Waals surface area contributed by atoms with Gasteiger partial charge in [0.1, 0.15) is 0 Å². The summed E-state index contributed by atoms with van der Waals surface area (Å²) in [5.41, 5.74) is 4.30. The molecule has 0 unspecified atom stereocenters. The van der Waals surface area contributed by atoms with Crippen LogP contribution in [0.2, 0.25) is 36.3 Å². The summed E-state index contributed by atoms with van der Waals surface area (Å²) in [5.74, 6) is 2.19. The number of hydrogen-bond acceptors (Lipinski definition) is 5. The first-order valence-corrected chi connectivity index (χ1v) is 19.3. The molecule has 0 saturated heterocycles. The summed E-state index contributed by atoms with van der Waals surface area (Å²) in [5, 5.41) is 0.267. The van der Waals surface area contributed by atoms with Gasteiger partial charge in [-0.2, -0.15) is 11.8 Å². The highest BCUT2D eigenvalue weighted by Crippen LogP contribution is 2.39. The van der Waals surface area contributed by atoms with Crippen molar-refractivity contribution in [2.75, 3.05) is 24.7 Å². The van der Waals surface area contributed by atoms with Crippen molar-refractivity contribution >= 4 is 40.0 Å². The Balaban J connectivity index is 2.01. The Labute approximate surface area is 208 Å². The first kappa shape index (κ1) is 28.8. The minimum atomic E-state index is -1.89. The fourth-order valence-corrected chi connectivity index (χ4v) is 6.55. The molecule has 0 radical (unpaired) electrons. The Morgan fingerprint density at radius 3 is 1.30 bits per heavy atom. The van der Waals surface area contributed by atoms with E-state index in [4.69, 9.17) is 8.85 Å². The van der Waals surface area contributed by atoms with Crippen molar-refractivity contribution in [1.29, 1.82) is 0 Å². The largest absolute Gasteiger partial charge is 0.412 e. The molecule has 4 nitrogen and oxygen atoms in total. The van der Waals surface area contributed by atoms with E-state index in [1.807, 2.05) is 11.8 Å². The second-order valence-electron chi connectivity index (χ2n) is 12.6. The van der Waals surface area contributed by atoms with Gasteiger partial charge in [-0.1, -0.05) is 52.7 Å². The van der Waals surface area contributed by atoms with Gasteiger partial charge in [0.15, 0.2) is 28.2 Å². The second kappa shape index (κ2) is 10.6. The van der Waals surface area contributed by atoms with Crippen molar-refractivity contribution in [3.63, 3.8) is 0 Å². The number of carbonyl (C=O) groups is 2. The van der Waals surface area contributed by atoms with Gasteiger partial charge < -0.3 is 8.85 Å². The molecule has 33 heavy (non-hydrogen) atoms. The maximum atomic E-state index is 12.5. The Morgan fingerprint density at radius 2 is 1.00 bits per heavy atom. The Morgan fingerprint density at radius 1 is 0.667 bits per heavy atom. The number of hydrogen-bond donors (Lipinski definition) is 0. The van der Waals surface area contributed by atoms with Crippen molar-refractivity contribution in [2.45, 2.75) is 103 Å². The van der Waals surface area contributed by atoms with Gasteiger partial charge in [-0.05, 0) is 49.1 Å². The Hall–Kier alpha value is -0.476. The highest BCUT2D eigenvalue weighted by Gasteiger charge is 2.39. The van der Waals surface area contributed by atoms with Crippen LogP contribution in [0.3, 0.4) is 0 Å². The molecule has 0 heterocycles. The van der Waals surface area contributed by atoms with E-state index < -0.39 is 16.6 Å². The topological polar surface area (TPSA) is 52.6 Å². The SMILES string of the molecule is CC(C)(C)[Si](C)(C)OCC1=C(CSCC2=C(CO[Si](C)(C)C(C)(C)C)C(=O)CC2)CCC1=O. The summed E-state index contributed by atoms with van der Waals surface area (Å²) >= 11 is 1.83. The van der Waals surface area contributed by atoms with Gasteiger partial charge in [0.2, 0.25) is 0 Å². The third kappa shape index (κ3) is 7.26. The molecular formula is C26H46O4SSi2. The van der Waals surface area contributed by atoms with Gasteiger partial charge in [-0.3, -0.25) is 9.59 Å². The lowest BCUT2D eigenvalue weighted by Gasteiger charge is -2.36. The van der Waals surface area contributed by atoms with Crippen LogP contribution in [-0.2, 0) is 18.4 Å². The molecule has 0 aromatic heterocycles. The monoisotopic (exact) mass is 510 g/mol. The van der Waals surface area contributed by atoms with Gasteiger partial charge in [0, 0.05) is 35.5 Å². The normalized spacial score (nSPS) is 18.8. The van der Waals surface area contributed by atoms with E-state index in [0.29, 0.717) is 26.1 Å². The molecule has 0 saturated carbocycles. The molecule has 2 aliphatic carbocycles. The van der Waals surface area contributed by atoms with Crippen LogP contribution < -0.4 is 0 Å². The van der Waals surface area contributed by atoms with Gasteiger partial charge in [0.05, 0.1) is 13.2 Å². The third-order valence-corrected chi connectivity index (χ3v) is 18.2. The number of rotatable bonds is 10. The summed E-state index contributed by atoms with van der Waals surface area (Å²) in [6, 6.07) is 0. The fraction of sp³-hybridized carbons (Fsp3) is 0.769. The van der Waals surface area contributed by atoms with Crippen LogP contribution in [0.4, 0.5) is 0 Å². The lowest BCUT2D eigenvalue weighted by molar-refractivity contribution is -0.116. The highest BCUT2D eigenvalue weighted by molar-refractivity contribution is 7.99. The molecule has 2 aliphatic rings. The van der Waals surface area contributed by atoms with Crippen LogP contribution in [0.15, 0.2) is 22.3 Å². The maximum Gasteiger partial charge on any atom is 0.192 e. The molecule has 2 rings (SSSR count). The van der Waals surface area contributed by atoms with E-state index in [9.17, 15) is 9.59 Å². The van der Waals surface area contributed by atoms with Crippen molar-refractivity contribution in [3.05, 3.63) is 22.3 Å². The average Bonchev–Trinajstić information content (AvgIpc) is 3.19. The predicted molar refractivity (Wildman–Crippen MR) is 146 cm³/mol. The smallest absolute Gasteiger partial charge is 0.192 e. The number of Topliss-reactive ketones (excluding diaryl/α,β-unsaturated/α-hetero) is 2. The zero-order valence-corrected chi connectivity index (χ0v) is 25.5. The van der Waals surface area contributed by atoms with Crippen LogP contribution >= 0.6 is 11.8 Å². The maximum absolute atomic E-state index is 12.5. The minimum absolute atomic E-state index is 0.133. The van der Waals surface area contributed by atoms with Crippen LogP contribution in [0.25, 0.3) is 0 Å². The van der Waals surface area contributed by atoms with Gasteiger partial charge in [0.25, 0.3) is 0 Å². The molecule has 0 aromatic rings. The highest BCUT2D eigenvalue weighted by atomic mass is 32.2. The first-order valence-electron chi connectivity index (χ1n) is 12.3. The quantitative estimate of drug-likeness (QED) is 0.294. The molecule has 0 aliphatic heterocycles. The number of ketones is 2. The molecule has 0 fully saturated rings.